The van der Waals surface area contributed by atoms with Gasteiger partial charge in [0.25, 0.3) is 5.91 Å². The van der Waals surface area contributed by atoms with Gasteiger partial charge in [0.15, 0.2) is 6.10 Å². The SMILES string of the molecule is [N-]=[N+]=NC(=O)C1OC12CCCCC2. The average Bonchev–Trinajstić information content (AvgIpc) is 2.81. The Bertz CT molecular complexity index is 277. The second-order valence-corrected chi connectivity index (χ2v) is 3.65. The first-order valence-corrected chi connectivity index (χ1v) is 4.55. The van der Waals surface area contributed by atoms with E-state index in [4.69, 9.17) is 10.3 Å². The number of carbonyl (C=O) groups excluding carboxylic acids is 1. The zero-order valence-corrected chi connectivity index (χ0v) is 7.27. The van der Waals surface area contributed by atoms with Crippen LogP contribution < -0.4 is 0 Å². The molecule has 0 aromatic heterocycles. The minimum atomic E-state index is -0.454. The summed E-state index contributed by atoms with van der Waals surface area (Å²) in [6, 6.07) is 0. The van der Waals surface area contributed by atoms with Gasteiger partial charge in [-0.15, -0.1) is 0 Å². The first kappa shape index (κ1) is 8.53. The van der Waals surface area contributed by atoms with Crippen molar-refractivity contribution < 1.29 is 9.53 Å². The van der Waals surface area contributed by atoms with E-state index < -0.39 is 12.0 Å². The minimum absolute atomic E-state index is 0.247. The molecular weight excluding hydrogens is 170 g/mol. The molecule has 5 heteroatoms. The van der Waals surface area contributed by atoms with E-state index in [1.54, 1.807) is 0 Å². The second kappa shape index (κ2) is 3.01. The molecule has 2 aliphatic rings. The Morgan fingerprint density at radius 2 is 2.15 bits per heavy atom. The van der Waals surface area contributed by atoms with Crippen molar-refractivity contribution in [1.29, 1.82) is 0 Å². The molecule has 0 aromatic carbocycles. The highest BCUT2D eigenvalue weighted by molar-refractivity contribution is 5.85. The Morgan fingerprint density at radius 1 is 1.46 bits per heavy atom. The van der Waals surface area contributed by atoms with Crippen LogP contribution in [0.15, 0.2) is 5.11 Å². The predicted octanol–water partition coefficient (Wildman–Crippen LogP) is 1.93. The first-order chi connectivity index (χ1) is 6.28. The van der Waals surface area contributed by atoms with Crippen molar-refractivity contribution in [3.63, 3.8) is 0 Å². The smallest absolute Gasteiger partial charge is 0.250 e. The Hall–Kier alpha value is -1.06. The van der Waals surface area contributed by atoms with Crippen LogP contribution in [0.3, 0.4) is 0 Å². The monoisotopic (exact) mass is 181 g/mol. The van der Waals surface area contributed by atoms with E-state index >= 15 is 0 Å². The molecule has 1 heterocycles. The van der Waals surface area contributed by atoms with E-state index in [0.29, 0.717) is 0 Å². The first-order valence-electron chi connectivity index (χ1n) is 4.55. The molecule has 0 aromatic rings. The van der Waals surface area contributed by atoms with Gasteiger partial charge in [0.05, 0.1) is 0 Å². The fourth-order valence-corrected chi connectivity index (χ4v) is 2.10. The number of rotatable bonds is 1. The number of hydrogen-bond acceptors (Lipinski definition) is 2. The van der Waals surface area contributed by atoms with E-state index in [0.717, 1.165) is 25.7 Å². The molecule has 70 valence electrons. The van der Waals surface area contributed by atoms with Crippen molar-refractivity contribution >= 4 is 5.91 Å². The lowest BCUT2D eigenvalue weighted by Gasteiger charge is -2.17. The van der Waals surface area contributed by atoms with Crippen molar-refractivity contribution in [2.24, 2.45) is 5.11 Å². The van der Waals surface area contributed by atoms with Gasteiger partial charge in [0, 0.05) is 4.91 Å². The van der Waals surface area contributed by atoms with Crippen molar-refractivity contribution in [2.45, 2.75) is 43.8 Å². The highest BCUT2D eigenvalue weighted by Gasteiger charge is 2.59. The number of azide groups is 1. The van der Waals surface area contributed by atoms with Gasteiger partial charge >= 0.3 is 0 Å². The molecule has 13 heavy (non-hydrogen) atoms. The predicted molar refractivity (Wildman–Crippen MR) is 44.8 cm³/mol. The van der Waals surface area contributed by atoms with Crippen LogP contribution in [0.5, 0.6) is 0 Å². The third-order valence-electron chi connectivity index (χ3n) is 2.84. The van der Waals surface area contributed by atoms with E-state index in [-0.39, 0.29) is 5.60 Å². The Morgan fingerprint density at radius 3 is 2.77 bits per heavy atom. The molecule has 1 spiro atoms. The van der Waals surface area contributed by atoms with Crippen LogP contribution in [0.2, 0.25) is 0 Å². The molecule has 1 saturated heterocycles. The number of amides is 1. The van der Waals surface area contributed by atoms with Crippen molar-refractivity contribution in [1.82, 2.24) is 0 Å². The lowest BCUT2D eigenvalue weighted by atomic mass is 9.86. The molecule has 1 aliphatic heterocycles. The maximum atomic E-state index is 11.1. The van der Waals surface area contributed by atoms with Crippen LogP contribution in [-0.2, 0) is 9.53 Å². The number of hydrogen-bond donors (Lipinski definition) is 0. The zero-order chi connectivity index (χ0) is 9.31. The van der Waals surface area contributed by atoms with Gasteiger partial charge in [-0.25, -0.2) is 0 Å². The number of epoxide rings is 1. The highest BCUT2D eigenvalue weighted by Crippen LogP contribution is 2.48. The summed E-state index contributed by atoms with van der Waals surface area (Å²) in [5.74, 6) is -0.454. The van der Waals surface area contributed by atoms with Gasteiger partial charge in [-0.05, 0) is 23.5 Å². The third-order valence-corrected chi connectivity index (χ3v) is 2.84. The highest BCUT2D eigenvalue weighted by atomic mass is 16.6. The van der Waals surface area contributed by atoms with Crippen LogP contribution in [0.25, 0.3) is 10.4 Å². The van der Waals surface area contributed by atoms with Crippen LogP contribution in [0.4, 0.5) is 0 Å². The number of ether oxygens (including phenoxy) is 1. The molecular formula is C8H11N3O2. The molecule has 2 fully saturated rings. The molecule has 0 N–H and O–H groups in total. The van der Waals surface area contributed by atoms with E-state index in [2.05, 4.69) is 10.0 Å². The maximum Gasteiger partial charge on any atom is 0.250 e. The van der Waals surface area contributed by atoms with Gasteiger partial charge in [-0.2, -0.15) is 0 Å². The summed E-state index contributed by atoms with van der Waals surface area (Å²) >= 11 is 0. The quantitative estimate of drug-likeness (QED) is 0.268. The standard InChI is InChI=1S/C8H11N3O2/c9-11-10-7(12)6-8(13-6)4-2-1-3-5-8/h6H,1-5H2. The third kappa shape index (κ3) is 1.41. The van der Waals surface area contributed by atoms with E-state index in [1.165, 1.54) is 6.42 Å². The normalized spacial score (nSPS) is 29.4. The molecule has 1 aliphatic carbocycles. The van der Waals surface area contributed by atoms with Gasteiger partial charge in [-0.3, -0.25) is 4.79 Å². The molecule has 0 bridgehead atoms. The molecule has 1 atom stereocenters. The topological polar surface area (TPSA) is 78.4 Å². The molecule has 1 saturated carbocycles. The minimum Gasteiger partial charge on any atom is -0.358 e. The number of carbonyl (C=O) groups is 1. The van der Waals surface area contributed by atoms with Gasteiger partial charge in [0.1, 0.15) is 5.60 Å². The summed E-state index contributed by atoms with van der Waals surface area (Å²) in [5, 5.41) is 3.05. The summed E-state index contributed by atoms with van der Waals surface area (Å²) in [7, 11) is 0. The van der Waals surface area contributed by atoms with Gasteiger partial charge in [0.2, 0.25) is 0 Å². The van der Waals surface area contributed by atoms with Crippen LogP contribution in [0, 0.1) is 0 Å². The van der Waals surface area contributed by atoms with Crippen LogP contribution in [0.1, 0.15) is 32.1 Å². The van der Waals surface area contributed by atoms with E-state index in [9.17, 15) is 4.79 Å². The van der Waals surface area contributed by atoms with Gasteiger partial charge < -0.3 is 4.74 Å². The molecule has 0 radical (unpaired) electrons. The summed E-state index contributed by atoms with van der Waals surface area (Å²) in [5.41, 5.74) is 7.84. The zero-order valence-electron chi connectivity index (χ0n) is 7.27. The maximum absolute atomic E-state index is 11.1. The van der Waals surface area contributed by atoms with Crippen molar-refractivity contribution in [3.05, 3.63) is 10.4 Å². The molecule has 1 unspecified atom stereocenters. The Kier molecular flexibility index (Phi) is 1.98. The van der Waals surface area contributed by atoms with Gasteiger partial charge in [-0.1, -0.05) is 19.3 Å². The number of nitrogens with zero attached hydrogens (tertiary/aromatic N) is 3. The van der Waals surface area contributed by atoms with E-state index in [1.807, 2.05) is 0 Å². The average molecular weight is 181 g/mol. The summed E-state index contributed by atoms with van der Waals surface area (Å²) in [4.78, 5) is 13.6. The van der Waals surface area contributed by atoms with Crippen molar-refractivity contribution in [3.8, 4) is 0 Å². The van der Waals surface area contributed by atoms with Crippen molar-refractivity contribution in [2.75, 3.05) is 0 Å². The summed E-state index contributed by atoms with van der Waals surface area (Å²) < 4.78 is 5.35. The van der Waals surface area contributed by atoms with Crippen LogP contribution >= 0.6 is 0 Å². The fraction of sp³-hybridized carbons (Fsp3) is 0.875. The molecule has 1 amide bonds. The Labute approximate surface area is 75.7 Å². The summed E-state index contributed by atoms with van der Waals surface area (Å²) in [6.07, 6.45) is 4.87. The molecule has 2 rings (SSSR count). The summed E-state index contributed by atoms with van der Waals surface area (Å²) in [6.45, 7) is 0. The Balaban J connectivity index is 1.99. The fourth-order valence-electron chi connectivity index (χ4n) is 2.10. The lowest BCUT2D eigenvalue weighted by molar-refractivity contribution is -0.119. The largest absolute Gasteiger partial charge is 0.358 e. The molecule has 5 nitrogen and oxygen atoms in total. The van der Waals surface area contributed by atoms with Crippen LogP contribution in [-0.4, -0.2) is 17.6 Å². The second-order valence-electron chi connectivity index (χ2n) is 3.65. The lowest BCUT2D eigenvalue weighted by Crippen LogP contribution is -2.22.